The summed E-state index contributed by atoms with van der Waals surface area (Å²) in [5.41, 5.74) is 6.25. The number of rotatable bonds is 6. The summed E-state index contributed by atoms with van der Waals surface area (Å²) in [6, 6.07) is 29.3. The quantitative estimate of drug-likeness (QED) is 0.298. The fraction of sp³-hybridized carbons (Fsp3) is 0.167. The average molecular weight is 480 g/mol. The van der Waals surface area contributed by atoms with Gasteiger partial charge in [0.05, 0.1) is 0 Å². The molecule has 6 rings (SSSR count). The summed E-state index contributed by atoms with van der Waals surface area (Å²) in [4.78, 5) is 12.5. The summed E-state index contributed by atoms with van der Waals surface area (Å²) in [6.07, 6.45) is -3.14. The number of alkyl carbamates (subject to hydrolysis) is 1. The van der Waals surface area contributed by atoms with E-state index in [9.17, 15) is 15.0 Å². The highest BCUT2D eigenvalue weighted by Crippen LogP contribution is 2.44. The normalized spacial score (nSPS) is 14.4. The Balaban J connectivity index is 1.11. The third-order valence-corrected chi connectivity index (χ3v) is 6.92. The number of ether oxygens (including phenoxy) is 1. The molecule has 0 saturated heterocycles. The number of amides is 1. The number of carbonyl (C=O) groups is 1. The van der Waals surface area contributed by atoms with Gasteiger partial charge in [0.2, 0.25) is 0 Å². The second-order valence-corrected chi connectivity index (χ2v) is 9.04. The fourth-order valence-electron chi connectivity index (χ4n) is 5.16. The molecule has 0 radical (unpaired) electrons. The Bertz CT molecular complexity index is 1530. The maximum Gasteiger partial charge on any atom is 0.407 e. The van der Waals surface area contributed by atoms with Gasteiger partial charge in [-0.15, -0.1) is 0 Å². The van der Waals surface area contributed by atoms with E-state index in [1.54, 1.807) is 6.07 Å². The van der Waals surface area contributed by atoms with Crippen molar-refractivity contribution in [2.24, 2.45) is 0 Å². The van der Waals surface area contributed by atoms with Crippen molar-refractivity contribution in [3.8, 4) is 11.1 Å². The summed E-state index contributed by atoms with van der Waals surface area (Å²) >= 11 is 0. The van der Waals surface area contributed by atoms with Gasteiger partial charge in [0, 0.05) is 28.8 Å². The third-order valence-electron chi connectivity index (χ3n) is 6.92. The highest BCUT2D eigenvalue weighted by atomic mass is 16.5. The van der Waals surface area contributed by atoms with Crippen LogP contribution in [0.15, 0.2) is 95.4 Å². The lowest BCUT2D eigenvalue weighted by Crippen LogP contribution is -2.36. The van der Waals surface area contributed by atoms with Crippen molar-refractivity contribution in [2.45, 2.75) is 18.1 Å². The van der Waals surface area contributed by atoms with E-state index in [0.29, 0.717) is 16.7 Å². The number of aliphatic hydroxyl groups excluding tert-OH is 2. The zero-order chi connectivity index (χ0) is 24.6. The minimum Gasteiger partial charge on any atom is -0.456 e. The molecule has 1 heterocycles. The van der Waals surface area contributed by atoms with Crippen LogP contribution in [0, 0.1) is 0 Å². The summed E-state index contributed by atoms with van der Waals surface area (Å²) in [6.45, 7) is 0.00522. The highest BCUT2D eigenvalue weighted by Gasteiger charge is 2.29. The molecule has 6 nitrogen and oxygen atoms in total. The zero-order valence-electron chi connectivity index (χ0n) is 19.4. The lowest BCUT2D eigenvalue weighted by Gasteiger charge is -2.19. The lowest BCUT2D eigenvalue weighted by atomic mass is 9.98. The lowest BCUT2D eigenvalue weighted by molar-refractivity contribution is 0.0189. The molecule has 0 saturated carbocycles. The Morgan fingerprint density at radius 1 is 0.833 bits per heavy atom. The van der Waals surface area contributed by atoms with E-state index in [1.165, 1.54) is 0 Å². The van der Waals surface area contributed by atoms with Crippen LogP contribution in [0.1, 0.15) is 28.7 Å². The molecule has 4 aromatic carbocycles. The molecule has 1 aromatic heterocycles. The SMILES string of the molecule is O=C(NCC(O)C(O)c1cccc2c1oc1ccccc12)OCC1c2ccccc2-c2ccccc21. The van der Waals surface area contributed by atoms with E-state index in [4.69, 9.17) is 9.15 Å². The van der Waals surface area contributed by atoms with Gasteiger partial charge in [-0.3, -0.25) is 0 Å². The molecule has 2 unspecified atom stereocenters. The number of hydrogen-bond donors (Lipinski definition) is 3. The molecule has 0 bridgehead atoms. The second kappa shape index (κ2) is 9.15. The molecule has 36 heavy (non-hydrogen) atoms. The zero-order valence-corrected chi connectivity index (χ0v) is 19.4. The van der Waals surface area contributed by atoms with Gasteiger partial charge in [0.15, 0.2) is 0 Å². The van der Waals surface area contributed by atoms with Crippen LogP contribution in [0.25, 0.3) is 33.1 Å². The van der Waals surface area contributed by atoms with E-state index < -0.39 is 18.3 Å². The van der Waals surface area contributed by atoms with Crippen LogP contribution >= 0.6 is 0 Å². The van der Waals surface area contributed by atoms with Gasteiger partial charge in [-0.25, -0.2) is 4.79 Å². The molecule has 1 aliphatic rings. The van der Waals surface area contributed by atoms with Crippen LogP contribution in [0.3, 0.4) is 0 Å². The number of fused-ring (bicyclic) bond motifs is 6. The summed E-state index contributed by atoms with van der Waals surface area (Å²) in [5.74, 6) is -0.0515. The van der Waals surface area contributed by atoms with Gasteiger partial charge in [-0.2, -0.15) is 0 Å². The molecule has 0 spiro atoms. The van der Waals surface area contributed by atoms with Crippen LogP contribution in [0.4, 0.5) is 4.79 Å². The Kier molecular flexibility index (Phi) is 5.68. The largest absolute Gasteiger partial charge is 0.456 e. The van der Waals surface area contributed by atoms with Gasteiger partial charge in [-0.1, -0.05) is 84.9 Å². The number of para-hydroxylation sites is 2. The fourth-order valence-corrected chi connectivity index (χ4v) is 5.16. The number of furan rings is 1. The van der Waals surface area contributed by atoms with Gasteiger partial charge < -0.3 is 24.7 Å². The van der Waals surface area contributed by atoms with Gasteiger partial charge in [0.1, 0.15) is 30.0 Å². The van der Waals surface area contributed by atoms with Crippen LogP contribution in [0.5, 0.6) is 0 Å². The van der Waals surface area contributed by atoms with Crippen LogP contribution in [-0.2, 0) is 4.74 Å². The van der Waals surface area contributed by atoms with Crippen molar-refractivity contribution < 1.29 is 24.2 Å². The van der Waals surface area contributed by atoms with E-state index in [0.717, 1.165) is 33.0 Å². The Morgan fingerprint density at radius 3 is 2.22 bits per heavy atom. The van der Waals surface area contributed by atoms with E-state index >= 15 is 0 Å². The number of benzene rings is 4. The van der Waals surface area contributed by atoms with Crippen molar-refractivity contribution in [1.29, 1.82) is 0 Å². The molecular weight excluding hydrogens is 454 g/mol. The van der Waals surface area contributed by atoms with E-state index in [2.05, 4.69) is 29.6 Å². The first kappa shape index (κ1) is 22.3. The molecule has 1 amide bonds. The molecule has 180 valence electrons. The van der Waals surface area contributed by atoms with Crippen LogP contribution < -0.4 is 5.32 Å². The predicted octanol–water partition coefficient (Wildman–Crippen LogP) is 5.52. The maximum absolute atomic E-state index is 12.5. The number of hydrogen-bond acceptors (Lipinski definition) is 5. The number of nitrogens with one attached hydrogen (secondary N) is 1. The predicted molar refractivity (Wildman–Crippen MR) is 138 cm³/mol. The minimum atomic E-state index is -1.25. The Labute approximate surface area is 207 Å². The first-order valence-electron chi connectivity index (χ1n) is 12.0. The smallest absolute Gasteiger partial charge is 0.407 e. The summed E-state index contributed by atoms with van der Waals surface area (Å²) in [7, 11) is 0. The second-order valence-electron chi connectivity index (χ2n) is 9.04. The minimum absolute atomic E-state index is 0.0515. The van der Waals surface area contributed by atoms with Crippen LogP contribution in [0.2, 0.25) is 0 Å². The Morgan fingerprint density at radius 2 is 1.47 bits per heavy atom. The molecule has 0 fully saturated rings. The first-order valence-corrected chi connectivity index (χ1v) is 12.0. The van der Waals surface area contributed by atoms with Gasteiger partial charge >= 0.3 is 6.09 Å². The van der Waals surface area contributed by atoms with Gasteiger partial charge in [-0.05, 0) is 28.3 Å². The van der Waals surface area contributed by atoms with Crippen molar-refractivity contribution in [2.75, 3.05) is 13.2 Å². The molecule has 2 atom stereocenters. The van der Waals surface area contributed by atoms with Gasteiger partial charge in [0.25, 0.3) is 0 Å². The first-order chi connectivity index (χ1) is 17.6. The van der Waals surface area contributed by atoms with E-state index in [-0.39, 0.29) is 19.1 Å². The third kappa shape index (κ3) is 3.81. The number of carbonyl (C=O) groups excluding carboxylic acids is 1. The molecule has 5 aromatic rings. The van der Waals surface area contributed by atoms with E-state index in [1.807, 2.05) is 60.7 Å². The molecule has 0 aliphatic heterocycles. The van der Waals surface area contributed by atoms with Crippen molar-refractivity contribution >= 4 is 28.0 Å². The highest BCUT2D eigenvalue weighted by molar-refractivity contribution is 6.05. The molecular formula is C30H25NO5. The maximum atomic E-state index is 12.5. The van der Waals surface area contributed by atoms with Crippen molar-refractivity contribution in [3.63, 3.8) is 0 Å². The number of aliphatic hydroxyl groups is 2. The molecule has 1 aliphatic carbocycles. The summed E-state index contributed by atoms with van der Waals surface area (Å²) < 4.78 is 11.5. The van der Waals surface area contributed by atoms with Crippen LogP contribution in [-0.4, -0.2) is 35.6 Å². The molecule has 6 heteroatoms. The topological polar surface area (TPSA) is 91.9 Å². The van der Waals surface area contributed by atoms with Crippen molar-refractivity contribution in [1.82, 2.24) is 5.32 Å². The Hall–Kier alpha value is -4.13. The standard InChI is InChI=1S/C30H25NO5/c32-26(28(33)24-14-7-13-23-22-12-5-6-15-27(22)36-29(23)24)16-31-30(34)35-17-25-20-10-3-1-8-18(20)19-9-2-4-11-21(19)25/h1-15,25-26,28,32-33H,16-17H2,(H,31,34). The van der Waals surface area contributed by atoms with Crippen molar-refractivity contribution in [3.05, 3.63) is 108 Å². The summed E-state index contributed by atoms with van der Waals surface area (Å²) in [5, 5.41) is 25.9. The molecule has 3 N–H and O–H groups in total. The average Bonchev–Trinajstić information content (AvgIpc) is 3.46. The monoisotopic (exact) mass is 479 g/mol.